The SMILES string of the molecule is Cc1c(C(Cc2c(F)cccc2F)NN)cnn1C. The fourth-order valence-corrected chi connectivity index (χ4v) is 2.05. The smallest absolute Gasteiger partial charge is 0.129 e. The monoisotopic (exact) mass is 266 g/mol. The van der Waals surface area contributed by atoms with E-state index in [0.717, 1.165) is 11.3 Å². The van der Waals surface area contributed by atoms with E-state index < -0.39 is 11.6 Å². The summed E-state index contributed by atoms with van der Waals surface area (Å²) in [5.74, 6) is 4.36. The molecule has 0 radical (unpaired) electrons. The lowest BCUT2D eigenvalue weighted by Crippen LogP contribution is -2.30. The minimum atomic E-state index is -0.568. The molecular formula is C13H16F2N4. The third kappa shape index (κ3) is 2.64. The Morgan fingerprint density at radius 2 is 2.00 bits per heavy atom. The van der Waals surface area contributed by atoms with Crippen molar-refractivity contribution in [3.8, 4) is 0 Å². The Kier molecular flexibility index (Phi) is 3.92. The predicted octanol–water partition coefficient (Wildman–Crippen LogP) is 1.75. The summed E-state index contributed by atoms with van der Waals surface area (Å²) >= 11 is 0. The van der Waals surface area contributed by atoms with Gasteiger partial charge in [0.15, 0.2) is 0 Å². The second-order valence-electron chi connectivity index (χ2n) is 4.43. The normalized spacial score (nSPS) is 12.7. The Balaban J connectivity index is 2.32. The van der Waals surface area contributed by atoms with Crippen LogP contribution in [0.1, 0.15) is 22.9 Å². The van der Waals surface area contributed by atoms with Crippen molar-refractivity contribution in [2.24, 2.45) is 12.9 Å². The molecule has 1 aromatic carbocycles. The van der Waals surface area contributed by atoms with Crippen LogP contribution in [0.25, 0.3) is 0 Å². The van der Waals surface area contributed by atoms with Gasteiger partial charge in [0, 0.05) is 23.9 Å². The first-order valence-corrected chi connectivity index (χ1v) is 5.92. The van der Waals surface area contributed by atoms with E-state index in [1.165, 1.54) is 18.2 Å². The molecule has 0 aliphatic rings. The maximum absolute atomic E-state index is 13.6. The molecule has 1 unspecified atom stereocenters. The van der Waals surface area contributed by atoms with Gasteiger partial charge in [0.2, 0.25) is 0 Å². The Hall–Kier alpha value is -1.79. The molecule has 1 aromatic heterocycles. The molecule has 3 N–H and O–H groups in total. The molecule has 19 heavy (non-hydrogen) atoms. The summed E-state index contributed by atoms with van der Waals surface area (Å²) in [5.41, 5.74) is 4.34. The first-order valence-electron chi connectivity index (χ1n) is 5.92. The van der Waals surface area contributed by atoms with Crippen LogP contribution in [0, 0.1) is 18.6 Å². The molecule has 2 rings (SSSR count). The van der Waals surface area contributed by atoms with E-state index in [-0.39, 0.29) is 18.0 Å². The van der Waals surface area contributed by atoms with Crippen LogP contribution in [0.4, 0.5) is 8.78 Å². The van der Waals surface area contributed by atoms with Crippen molar-refractivity contribution >= 4 is 0 Å². The summed E-state index contributed by atoms with van der Waals surface area (Å²) in [6.45, 7) is 1.88. The molecule has 0 bridgehead atoms. The molecule has 0 spiro atoms. The molecule has 2 aromatic rings. The number of nitrogens with zero attached hydrogens (tertiary/aromatic N) is 2. The van der Waals surface area contributed by atoms with Gasteiger partial charge in [-0.25, -0.2) is 8.78 Å². The van der Waals surface area contributed by atoms with Gasteiger partial charge in [-0.2, -0.15) is 5.10 Å². The van der Waals surface area contributed by atoms with Crippen LogP contribution in [0.3, 0.4) is 0 Å². The van der Waals surface area contributed by atoms with E-state index in [0.29, 0.717) is 0 Å². The number of hydrogen-bond acceptors (Lipinski definition) is 3. The second-order valence-corrected chi connectivity index (χ2v) is 4.43. The summed E-state index contributed by atoms with van der Waals surface area (Å²) in [6, 6.07) is 3.43. The second kappa shape index (κ2) is 5.46. The van der Waals surface area contributed by atoms with Crippen molar-refractivity contribution in [2.45, 2.75) is 19.4 Å². The van der Waals surface area contributed by atoms with Gasteiger partial charge in [0.05, 0.1) is 12.2 Å². The molecule has 0 aliphatic carbocycles. The molecule has 0 fully saturated rings. The summed E-state index contributed by atoms with van der Waals surface area (Å²) in [6.07, 6.45) is 1.78. The molecule has 1 heterocycles. The van der Waals surface area contributed by atoms with Crippen molar-refractivity contribution in [3.05, 3.63) is 52.9 Å². The van der Waals surface area contributed by atoms with Crippen LogP contribution in [-0.2, 0) is 13.5 Å². The number of rotatable bonds is 4. The fourth-order valence-electron chi connectivity index (χ4n) is 2.05. The van der Waals surface area contributed by atoms with E-state index in [1.807, 2.05) is 6.92 Å². The zero-order valence-electron chi connectivity index (χ0n) is 10.8. The van der Waals surface area contributed by atoms with Crippen LogP contribution in [0.5, 0.6) is 0 Å². The van der Waals surface area contributed by atoms with Crippen LogP contribution in [-0.4, -0.2) is 9.78 Å². The predicted molar refractivity (Wildman–Crippen MR) is 68.1 cm³/mol. The molecule has 102 valence electrons. The number of nitrogens with two attached hydrogens (primary N) is 1. The van der Waals surface area contributed by atoms with Crippen LogP contribution >= 0.6 is 0 Å². The number of hydrogen-bond donors (Lipinski definition) is 2. The number of aromatic nitrogens is 2. The standard InChI is InChI=1S/C13H16F2N4/c1-8-10(7-17-19(8)2)13(18-16)6-9-11(14)4-3-5-12(9)15/h3-5,7,13,18H,6,16H2,1-2H3. The van der Waals surface area contributed by atoms with Crippen LogP contribution in [0.2, 0.25) is 0 Å². The highest BCUT2D eigenvalue weighted by molar-refractivity contribution is 5.26. The van der Waals surface area contributed by atoms with Gasteiger partial charge in [0.25, 0.3) is 0 Å². The van der Waals surface area contributed by atoms with Crippen molar-refractivity contribution in [2.75, 3.05) is 0 Å². The van der Waals surface area contributed by atoms with E-state index >= 15 is 0 Å². The number of hydrazine groups is 1. The lowest BCUT2D eigenvalue weighted by molar-refractivity contribution is 0.498. The maximum atomic E-state index is 13.6. The van der Waals surface area contributed by atoms with Gasteiger partial charge in [0.1, 0.15) is 11.6 Å². The lowest BCUT2D eigenvalue weighted by Gasteiger charge is -2.16. The fraction of sp³-hybridized carbons (Fsp3) is 0.308. The molecule has 0 saturated heterocycles. The molecule has 0 aliphatic heterocycles. The zero-order valence-corrected chi connectivity index (χ0v) is 10.8. The molecular weight excluding hydrogens is 250 g/mol. The zero-order chi connectivity index (χ0) is 14.0. The maximum Gasteiger partial charge on any atom is 0.129 e. The highest BCUT2D eigenvalue weighted by Gasteiger charge is 2.19. The Morgan fingerprint density at radius 3 is 2.47 bits per heavy atom. The van der Waals surface area contributed by atoms with Gasteiger partial charge in [-0.15, -0.1) is 0 Å². The number of aryl methyl sites for hydroxylation is 1. The molecule has 1 atom stereocenters. The van der Waals surface area contributed by atoms with Crippen molar-refractivity contribution in [3.63, 3.8) is 0 Å². The number of halogens is 2. The first kappa shape index (κ1) is 13.6. The largest absolute Gasteiger partial charge is 0.273 e. The van der Waals surface area contributed by atoms with Gasteiger partial charge in [-0.3, -0.25) is 16.0 Å². The van der Waals surface area contributed by atoms with E-state index in [9.17, 15) is 8.78 Å². The topological polar surface area (TPSA) is 55.9 Å². The summed E-state index contributed by atoms with van der Waals surface area (Å²) < 4.78 is 29.0. The summed E-state index contributed by atoms with van der Waals surface area (Å²) in [4.78, 5) is 0. The minimum absolute atomic E-state index is 0.0219. The quantitative estimate of drug-likeness (QED) is 0.655. The number of benzene rings is 1. The highest BCUT2D eigenvalue weighted by atomic mass is 19.1. The van der Waals surface area contributed by atoms with Crippen LogP contribution < -0.4 is 11.3 Å². The minimum Gasteiger partial charge on any atom is -0.273 e. The molecule has 0 amide bonds. The van der Waals surface area contributed by atoms with Crippen LogP contribution in [0.15, 0.2) is 24.4 Å². The molecule has 6 heteroatoms. The Bertz CT molecular complexity index is 560. The third-order valence-corrected chi connectivity index (χ3v) is 3.32. The average molecular weight is 266 g/mol. The number of nitrogens with one attached hydrogen (secondary N) is 1. The van der Waals surface area contributed by atoms with Crippen molar-refractivity contribution in [1.82, 2.24) is 15.2 Å². The van der Waals surface area contributed by atoms with Gasteiger partial charge in [-0.1, -0.05) is 6.07 Å². The van der Waals surface area contributed by atoms with Gasteiger partial charge < -0.3 is 0 Å². The van der Waals surface area contributed by atoms with E-state index in [1.54, 1.807) is 17.9 Å². The summed E-state index contributed by atoms with van der Waals surface area (Å²) in [7, 11) is 1.80. The Morgan fingerprint density at radius 1 is 1.37 bits per heavy atom. The van der Waals surface area contributed by atoms with E-state index in [2.05, 4.69) is 10.5 Å². The lowest BCUT2D eigenvalue weighted by atomic mass is 9.99. The first-order chi connectivity index (χ1) is 9.04. The van der Waals surface area contributed by atoms with Crippen molar-refractivity contribution in [1.29, 1.82) is 0 Å². The van der Waals surface area contributed by atoms with Crippen molar-refractivity contribution < 1.29 is 8.78 Å². The summed E-state index contributed by atoms with van der Waals surface area (Å²) in [5, 5.41) is 4.11. The van der Waals surface area contributed by atoms with Gasteiger partial charge in [-0.05, 0) is 25.5 Å². The third-order valence-electron chi connectivity index (χ3n) is 3.32. The molecule has 4 nitrogen and oxygen atoms in total. The Labute approximate surface area is 110 Å². The highest BCUT2D eigenvalue weighted by Crippen LogP contribution is 2.23. The van der Waals surface area contributed by atoms with Gasteiger partial charge >= 0.3 is 0 Å². The average Bonchev–Trinajstić information content (AvgIpc) is 2.71. The van der Waals surface area contributed by atoms with E-state index in [4.69, 9.17) is 5.84 Å². The molecule has 0 saturated carbocycles.